The molecule has 31 aromatic rings. The van der Waals surface area contributed by atoms with E-state index in [1.54, 1.807) is 0 Å². The summed E-state index contributed by atoms with van der Waals surface area (Å²) in [6.45, 7) is 0. The lowest BCUT2D eigenvalue weighted by atomic mass is 9.88. The molecular weight excluding hydrogens is 1810 g/mol. The van der Waals surface area contributed by atoms with Gasteiger partial charge in [0.1, 0.15) is 23.4 Å². The predicted molar refractivity (Wildman–Crippen MR) is 633 cm³/mol. The van der Waals surface area contributed by atoms with Crippen molar-refractivity contribution >= 4 is 184 Å². The van der Waals surface area contributed by atoms with E-state index in [4.69, 9.17) is 15.0 Å². The number of nitrogens with zero attached hydrogens (tertiary/aromatic N) is 6. The smallest absolute Gasteiger partial charge is 0.292 e. The lowest BCUT2D eigenvalue weighted by Gasteiger charge is -2.17. The van der Waals surface area contributed by atoms with Crippen LogP contribution in [-0.4, -0.2) is 24.1 Å². The van der Waals surface area contributed by atoms with E-state index in [2.05, 4.69) is 554 Å². The lowest BCUT2D eigenvalue weighted by molar-refractivity contribution is -0.582. The molecule has 0 saturated heterocycles. The van der Waals surface area contributed by atoms with Crippen LogP contribution in [0.5, 0.6) is 0 Å². The van der Waals surface area contributed by atoms with Gasteiger partial charge in [0.15, 0.2) is 5.69 Å². The fourth-order valence-electron chi connectivity index (χ4n) is 24.5. The van der Waals surface area contributed by atoms with E-state index in [9.17, 15) is 0 Å². The second-order valence-corrected chi connectivity index (χ2v) is 39.6. The monoisotopic (exact) mass is 1900 g/mol. The number of hydrogen-bond acceptors (Lipinski definition) is 3. The molecule has 0 spiro atoms. The second-order valence-electron chi connectivity index (χ2n) is 39.6. The Morgan fingerprint density at radius 2 is 0.433 bits per heavy atom. The standard InChI is InChI=1S/C76H48N3.C68H41N3/c1-4-20-50(21-5-1)74-48-78(54-24-8-3-9-25-54)76(51-22-6-2-7-23-51)79(74)55-40-36-49(37-41-55)69-47-73(53-39-43-66-61-31-13-11-27-57(61)59-29-15-17-33-63(59)71(66)45-53)77-75-67-35-19-18-34-64(67)68(46-72(69)75)52-38-42-65-60-30-12-10-26-56(60)58-28-14-16-32-62(58)70(65)44-52;1-3-17-42(18-4-1)68-70-65-39-44(33-36-66(65)71(68)46-19-5-2-6-20-46)60-41-64(45-32-35-57-52-26-10-8-22-48(52)50-24-12-14-28-54(50)62(57)38-45)69-67-58-30-16-15-29-55(58)59(40-63(60)67)43-31-34-56-51-25-9-7-21-47(51)49-23-11-13-27-53(49)61(56)37-43/h1-48H;1-41H/q+1;. The van der Waals surface area contributed by atoms with Gasteiger partial charge in [-0.15, -0.1) is 0 Å². The van der Waals surface area contributed by atoms with E-state index in [1.807, 2.05) is 0 Å². The molecule has 0 aliphatic rings. The summed E-state index contributed by atoms with van der Waals surface area (Å²) in [4.78, 5) is 16.9. The minimum Gasteiger partial charge on any atom is -0.292 e. The summed E-state index contributed by atoms with van der Waals surface area (Å²) in [5.41, 5.74) is 24.7. The van der Waals surface area contributed by atoms with Gasteiger partial charge in [-0.3, -0.25) is 4.57 Å². The Hall–Kier alpha value is -19.9. The van der Waals surface area contributed by atoms with Crippen LogP contribution in [-0.2, 0) is 0 Å². The van der Waals surface area contributed by atoms with Crippen LogP contribution in [0.2, 0.25) is 0 Å². The molecule has 6 heteroatoms. The zero-order valence-corrected chi connectivity index (χ0v) is 81.6. The molecule has 4 aromatic heterocycles. The average molecular weight is 1900 g/mol. The van der Waals surface area contributed by atoms with Crippen molar-refractivity contribution in [2.24, 2.45) is 0 Å². The average Bonchev–Trinajstić information content (AvgIpc) is 1.02. The molecule has 0 aliphatic carbocycles. The van der Waals surface area contributed by atoms with E-state index in [0.717, 1.165) is 139 Å². The topological polar surface area (TPSA) is 52.4 Å². The molecule has 4 heterocycles. The van der Waals surface area contributed by atoms with Gasteiger partial charge in [0, 0.05) is 49.5 Å². The van der Waals surface area contributed by atoms with Crippen LogP contribution in [0.15, 0.2) is 540 Å². The van der Waals surface area contributed by atoms with Crippen LogP contribution in [0.1, 0.15) is 0 Å². The van der Waals surface area contributed by atoms with Crippen molar-refractivity contribution in [2.45, 2.75) is 0 Å². The molecule has 0 N–H and O–H groups in total. The molecular formula is C144H89N6+. The number of fused-ring (bicyclic) bond motifs is 31. The molecule has 31 rings (SSSR count). The van der Waals surface area contributed by atoms with Gasteiger partial charge in [-0.05, 0) is 294 Å². The fraction of sp³-hybridized carbons (Fsp3) is 0. The van der Waals surface area contributed by atoms with Crippen molar-refractivity contribution < 1.29 is 4.57 Å². The molecule has 0 atom stereocenters. The molecule has 694 valence electrons. The number of benzene rings is 27. The first-order chi connectivity index (χ1) is 74.4. The molecule has 6 nitrogen and oxygen atoms in total. The summed E-state index contributed by atoms with van der Waals surface area (Å²) in [6.07, 6.45) is 2.28. The van der Waals surface area contributed by atoms with Crippen LogP contribution >= 0.6 is 0 Å². The largest absolute Gasteiger partial charge is 0.299 e. The number of para-hydroxylation sites is 2. The first-order valence-electron chi connectivity index (χ1n) is 51.6. The highest BCUT2D eigenvalue weighted by Gasteiger charge is 2.31. The van der Waals surface area contributed by atoms with Gasteiger partial charge in [-0.25, -0.2) is 15.0 Å². The van der Waals surface area contributed by atoms with Gasteiger partial charge in [-0.1, -0.05) is 425 Å². The number of imidazole rings is 2. The summed E-state index contributed by atoms with van der Waals surface area (Å²) >= 11 is 0. The van der Waals surface area contributed by atoms with Crippen molar-refractivity contribution in [3.05, 3.63) is 540 Å². The quantitative estimate of drug-likeness (QED) is 0.0905. The maximum absolute atomic E-state index is 5.75. The summed E-state index contributed by atoms with van der Waals surface area (Å²) in [5.74, 6) is 1.98. The third kappa shape index (κ3) is 13.9. The Balaban J connectivity index is 0.000000139. The Labute approximate surface area is 864 Å². The Bertz CT molecular complexity index is 10900. The second kappa shape index (κ2) is 35.0. The molecule has 0 saturated carbocycles. The van der Waals surface area contributed by atoms with Crippen molar-refractivity contribution in [3.63, 3.8) is 0 Å². The highest BCUT2D eigenvalue weighted by molar-refractivity contribution is 6.31. The summed E-state index contributed by atoms with van der Waals surface area (Å²) < 4.78 is 7.03. The molecule has 0 radical (unpaired) electrons. The van der Waals surface area contributed by atoms with Crippen LogP contribution in [0.25, 0.3) is 302 Å². The van der Waals surface area contributed by atoms with Gasteiger partial charge >= 0.3 is 0 Å². The van der Waals surface area contributed by atoms with Gasteiger partial charge in [0.05, 0.1) is 39.0 Å². The van der Waals surface area contributed by atoms with Crippen LogP contribution < -0.4 is 4.57 Å². The van der Waals surface area contributed by atoms with Crippen molar-refractivity contribution in [2.75, 3.05) is 0 Å². The molecule has 150 heavy (non-hydrogen) atoms. The Morgan fingerprint density at radius 1 is 0.160 bits per heavy atom. The summed E-state index contributed by atoms with van der Waals surface area (Å²) in [7, 11) is 0. The maximum atomic E-state index is 5.75. The zero-order valence-electron chi connectivity index (χ0n) is 81.6. The third-order valence-electron chi connectivity index (χ3n) is 31.3. The first-order valence-corrected chi connectivity index (χ1v) is 51.6. The Kier molecular flexibility index (Phi) is 20.0. The Morgan fingerprint density at radius 3 is 0.820 bits per heavy atom. The minimum absolute atomic E-state index is 0.907. The van der Waals surface area contributed by atoms with Gasteiger partial charge < -0.3 is 0 Å². The van der Waals surface area contributed by atoms with E-state index >= 15 is 0 Å². The van der Waals surface area contributed by atoms with E-state index in [-0.39, 0.29) is 0 Å². The van der Waals surface area contributed by atoms with Crippen LogP contribution in [0.4, 0.5) is 0 Å². The SMILES string of the molecule is c1ccc(-c2c[n+](-c3ccccc3)c(-c3ccccc3)n2-c2ccc(-c3cc(-c4ccc5c6ccccc6c6ccccc6c5c4)nc4c3cc(-c3ccc5c6ccccc6c6ccccc6c5c3)c3ccccc34)cc2)cc1.c1ccc(-c2nc3cc(-c4cc(-c5ccc6c7ccccc7c7ccccc7c6c5)nc5c4cc(-c4ccc6c7ccccc7c7ccccc7c6c4)c4ccccc45)ccc3n2-c2ccccc2)cc1. The first kappa shape index (κ1) is 85.6. The van der Waals surface area contributed by atoms with Gasteiger partial charge in [0.2, 0.25) is 0 Å². The molecule has 0 bridgehead atoms. The molecule has 0 fully saturated rings. The maximum Gasteiger partial charge on any atom is 0.299 e. The fourth-order valence-corrected chi connectivity index (χ4v) is 24.5. The van der Waals surface area contributed by atoms with E-state index < -0.39 is 0 Å². The van der Waals surface area contributed by atoms with E-state index in [0.29, 0.717) is 0 Å². The molecule has 0 amide bonds. The predicted octanol–water partition coefficient (Wildman–Crippen LogP) is 38.0. The normalized spacial score (nSPS) is 11.9. The third-order valence-corrected chi connectivity index (χ3v) is 31.3. The molecule has 0 unspecified atom stereocenters. The molecule has 27 aromatic carbocycles. The van der Waals surface area contributed by atoms with Gasteiger partial charge in [0.25, 0.3) is 5.82 Å². The zero-order chi connectivity index (χ0) is 98.5. The lowest BCUT2D eigenvalue weighted by Crippen LogP contribution is -2.31. The number of rotatable bonds is 12. The summed E-state index contributed by atoms with van der Waals surface area (Å²) in [6, 6.07) is 195. The van der Waals surface area contributed by atoms with Gasteiger partial charge in [-0.2, -0.15) is 9.13 Å². The van der Waals surface area contributed by atoms with Crippen molar-refractivity contribution in [1.82, 2.24) is 24.1 Å². The number of hydrogen-bond donors (Lipinski definition) is 0. The van der Waals surface area contributed by atoms with Crippen molar-refractivity contribution in [3.8, 4) is 118 Å². The minimum atomic E-state index is 0.907. The van der Waals surface area contributed by atoms with E-state index in [1.165, 1.54) is 162 Å². The number of pyridine rings is 2. The summed E-state index contributed by atoms with van der Waals surface area (Å²) in [5, 5.41) is 36.9. The van der Waals surface area contributed by atoms with Crippen LogP contribution in [0.3, 0.4) is 0 Å². The number of aromatic nitrogens is 6. The highest BCUT2D eigenvalue weighted by Crippen LogP contribution is 2.50. The van der Waals surface area contributed by atoms with Crippen LogP contribution in [0, 0.1) is 0 Å². The van der Waals surface area contributed by atoms with Crippen molar-refractivity contribution in [1.29, 1.82) is 0 Å². The highest BCUT2D eigenvalue weighted by atomic mass is 15.2. The molecule has 0 aliphatic heterocycles.